The van der Waals surface area contributed by atoms with Gasteiger partial charge in [-0.25, -0.2) is 0 Å². The Morgan fingerprint density at radius 1 is 0.636 bits per heavy atom. The van der Waals surface area contributed by atoms with Crippen LogP contribution in [0.15, 0.2) is 12.2 Å². The molecular weight excluding hydrogens is 412 g/mol. The van der Waals surface area contributed by atoms with E-state index in [1.54, 1.807) is 0 Å². The van der Waals surface area contributed by atoms with E-state index < -0.39 is 5.97 Å². The van der Waals surface area contributed by atoms with E-state index >= 15 is 0 Å². The van der Waals surface area contributed by atoms with Crippen molar-refractivity contribution in [2.75, 3.05) is 0 Å². The Bertz CT molecular complexity index is 472. The van der Waals surface area contributed by atoms with Crippen LogP contribution in [-0.2, 0) is 14.3 Å². The number of aliphatic carboxylic acids is 1. The summed E-state index contributed by atoms with van der Waals surface area (Å²) in [5.74, 6) is -0.904. The zero-order valence-corrected chi connectivity index (χ0v) is 22.0. The van der Waals surface area contributed by atoms with Crippen molar-refractivity contribution in [3.8, 4) is 0 Å². The highest BCUT2D eigenvalue weighted by atomic mass is 16.5. The molecule has 1 unspecified atom stereocenters. The molecule has 4 heteroatoms. The lowest BCUT2D eigenvalue weighted by molar-refractivity contribution is -0.150. The Kier molecular flexibility index (Phi) is 24.3. The number of rotatable bonds is 25. The number of esters is 1. The third-order valence-corrected chi connectivity index (χ3v) is 6.22. The van der Waals surface area contributed by atoms with Gasteiger partial charge in [-0.3, -0.25) is 9.59 Å². The lowest BCUT2D eigenvalue weighted by Crippen LogP contribution is -2.18. The summed E-state index contributed by atoms with van der Waals surface area (Å²) in [4.78, 5) is 22.7. The number of allylic oxidation sites excluding steroid dienone is 2. The smallest absolute Gasteiger partial charge is 0.306 e. The minimum Gasteiger partial charge on any atom is -0.481 e. The molecule has 0 amide bonds. The molecule has 0 aromatic rings. The molecule has 0 radical (unpaired) electrons. The second kappa shape index (κ2) is 25.3. The highest BCUT2D eigenvalue weighted by Gasteiger charge is 2.14. The predicted octanol–water partition coefficient (Wildman–Crippen LogP) is 9.16. The zero-order chi connectivity index (χ0) is 24.4. The molecule has 0 spiro atoms. The summed E-state index contributed by atoms with van der Waals surface area (Å²) < 4.78 is 5.57. The van der Waals surface area contributed by atoms with E-state index in [1.165, 1.54) is 89.9 Å². The summed E-state index contributed by atoms with van der Waals surface area (Å²) in [5, 5.41) is 8.75. The van der Waals surface area contributed by atoms with E-state index in [0.717, 1.165) is 25.7 Å². The van der Waals surface area contributed by atoms with Crippen molar-refractivity contribution in [2.24, 2.45) is 0 Å². The third kappa shape index (κ3) is 25.1. The van der Waals surface area contributed by atoms with Crippen molar-refractivity contribution >= 4 is 11.9 Å². The first-order valence-electron chi connectivity index (χ1n) is 14.2. The van der Waals surface area contributed by atoms with Crippen molar-refractivity contribution in [1.82, 2.24) is 0 Å². The van der Waals surface area contributed by atoms with Gasteiger partial charge >= 0.3 is 11.9 Å². The minimum absolute atomic E-state index is 0.118. The number of unbranched alkanes of at least 4 members (excludes halogenated alkanes) is 14. The number of carboxylic acids is 1. The summed E-state index contributed by atoms with van der Waals surface area (Å²) in [6.07, 6.45) is 28.7. The Labute approximate surface area is 204 Å². The molecule has 0 saturated carbocycles. The van der Waals surface area contributed by atoms with Crippen LogP contribution in [-0.4, -0.2) is 23.1 Å². The molecule has 0 aromatic heterocycles. The molecule has 0 aliphatic rings. The SMILES string of the molecule is CCCCCCCCC/C=C\CCCCCCCCCC(=O)OC(CCC)CCCC(=O)O. The molecule has 0 aromatic carbocycles. The van der Waals surface area contributed by atoms with Crippen molar-refractivity contribution in [2.45, 2.75) is 161 Å². The molecule has 194 valence electrons. The normalized spacial score (nSPS) is 12.3. The van der Waals surface area contributed by atoms with Crippen LogP contribution in [0.2, 0.25) is 0 Å². The molecule has 0 aliphatic carbocycles. The molecule has 1 atom stereocenters. The molecule has 4 nitrogen and oxygen atoms in total. The van der Waals surface area contributed by atoms with E-state index in [4.69, 9.17) is 9.84 Å². The summed E-state index contributed by atoms with van der Waals surface area (Å²) in [6.45, 7) is 4.33. The van der Waals surface area contributed by atoms with Gasteiger partial charge in [0, 0.05) is 12.8 Å². The van der Waals surface area contributed by atoms with E-state index in [0.29, 0.717) is 19.3 Å². The van der Waals surface area contributed by atoms with Gasteiger partial charge in [-0.15, -0.1) is 0 Å². The van der Waals surface area contributed by atoms with Gasteiger partial charge in [0.1, 0.15) is 6.10 Å². The average molecular weight is 467 g/mol. The Morgan fingerprint density at radius 2 is 1.15 bits per heavy atom. The maximum atomic E-state index is 12.1. The number of carbonyl (C=O) groups is 2. The minimum atomic E-state index is -0.785. The Hall–Kier alpha value is -1.32. The van der Waals surface area contributed by atoms with Gasteiger partial charge < -0.3 is 9.84 Å². The molecule has 0 saturated heterocycles. The van der Waals surface area contributed by atoms with Crippen molar-refractivity contribution in [3.63, 3.8) is 0 Å². The van der Waals surface area contributed by atoms with Crippen LogP contribution < -0.4 is 0 Å². The fraction of sp³-hybridized carbons (Fsp3) is 0.862. The summed E-state index contributed by atoms with van der Waals surface area (Å²) in [5.41, 5.74) is 0. The van der Waals surface area contributed by atoms with E-state index in [2.05, 4.69) is 26.0 Å². The second-order valence-electron chi connectivity index (χ2n) is 9.58. The lowest BCUT2D eigenvalue weighted by Gasteiger charge is -2.17. The van der Waals surface area contributed by atoms with Gasteiger partial charge in [-0.2, -0.15) is 0 Å². The second-order valence-corrected chi connectivity index (χ2v) is 9.58. The summed E-state index contributed by atoms with van der Waals surface area (Å²) in [7, 11) is 0. The largest absolute Gasteiger partial charge is 0.481 e. The summed E-state index contributed by atoms with van der Waals surface area (Å²) in [6, 6.07) is 0. The molecule has 0 fully saturated rings. The average Bonchev–Trinajstić information content (AvgIpc) is 2.78. The molecule has 0 aliphatic heterocycles. The van der Waals surface area contributed by atoms with Crippen LogP contribution in [0.3, 0.4) is 0 Å². The number of ether oxygens (including phenoxy) is 1. The monoisotopic (exact) mass is 466 g/mol. The van der Waals surface area contributed by atoms with Crippen LogP contribution in [0.5, 0.6) is 0 Å². The number of carbonyl (C=O) groups excluding carboxylic acids is 1. The summed E-state index contributed by atoms with van der Waals surface area (Å²) >= 11 is 0. The lowest BCUT2D eigenvalue weighted by atomic mass is 10.1. The van der Waals surface area contributed by atoms with Gasteiger partial charge in [0.05, 0.1) is 0 Å². The Morgan fingerprint density at radius 3 is 1.67 bits per heavy atom. The van der Waals surface area contributed by atoms with Crippen molar-refractivity contribution in [3.05, 3.63) is 12.2 Å². The molecule has 33 heavy (non-hydrogen) atoms. The van der Waals surface area contributed by atoms with Gasteiger partial charge in [-0.1, -0.05) is 103 Å². The maximum Gasteiger partial charge on any atom is 0.306 e. The maximum absolute atomic E-state index is 12.1. The van der Waals surface area contributed by atoms with Gasteiger partial charge in [-0.05, 0) is 51.4 Å². The third-order valence-electron chi connectivity index (χ3n) is 6.22. The first kappa shape index (κ1) is 31.7. The van der Waals surface area contributed by atoms with Gasteiger partial charge in [0.25, 0.3) is 0 Å². The van der Waals surface area contributed by atoms with E-state index in [1.807, 2.05) is 0 Å². The first-order valence-corrected chi connectivity index (χ1v) is 14.2. The predicted molar refractivity (Wildman–Crippen MR) is 140 cm³/mol. The highest BCUT2D eigenvalue weighted by Crippen LogP contribution is 2.15. The topological polar surface area (TPSA) is 63.6 Å². The molecule has 0 rings (SSSR count). The fourth-order valence-electron chi connectivity index (χ4n) is 4.18. The zero-order valence-electron chi connectivity index (χ0n) is 22.0. The number of hydrogen-bond donors (Lipinski definition) is 1. The molecular formula is C29H54O4. The van der Waals surface area contributed by atoms with Crippen LogP contribution in [0, 0.1) is 0 Å². The van der Waals surface area contributed by atoms with Crippen molar-refractivity contribution in [1.29, 1.82) is 0 Å². The molecule has 0 heterocycles. The van der Waals surface area contributed by atoms with E-state index in [9.17, 15) is 9.59 Å². The van der Waals surface area contributed by atoms with Crippen LogP contribution >= 0.6 is 0 Å². The van der Waals surface area contributed by atoms with Crippen LogP contribution in [0.1, 0.15) is 155 Å². The highest BCUT2D eigenvalue weighted by molar-refractivity contribution is 5.69. The Balaban J connectivity index is 3.46. The van der Waals surface area contributed by atoms with Crippen LogP contribution in [0.4, 0.5) is 0 Å². The first-order chi connectivity index (χ1) is 16.1. The van der Waals surface area contributed by atoms with Crippen molar-refractivity contribution < 1.29 is 19.4 Å². The quantitative estimate of drug-likeness (QED) is 0.0827. The van der Waals surface area contributed by atoms with Gasteiger partial charge in [0.15, 0.2) is 0 Å². The number of carboxylic acid groups (broad SMARTS) is 1. The van der Waals surface area contributed by atoms with Gasteiger partial charge in [0.2, 0.25) is 0 Å². The standard InChI is InChI=1S/C29H54O4/c1-3-5-6-7-8-9-10-11-12-13-14-15-16-17-18-19-20-21-26-29(32)33-27(23-4-2)24-22-25-28(30)31/h12-13,27H,3-11,14-26H2,1-2H3,(H,30,31)/b13-12-. The van der Waals surface area contributed by atoms with Crippen LogP contribution in [0.25, 0.3) is 0 Å². The number of hydrogen-bond acceptors (Lipinski definition) is 3. The fourth-order valence-corrected chi connectivity index (χ4v) is 4.18. The molecule has 0 bridgehead atoms. The molecule has 1 N–H and O–H groups in total. The van der Waals surface area contributed by atoms with E-state index in [-0.39, 0.29) is 18.5 Å².